The van der Waals surface area contributed by atoms with Gasteiger partial charge in [0.1, 0.15) is 0 Å². The number of hydrogen-bond acceptors (Lipinski definition) is 3. The van der Waals surface area contributed by atoms with Crippen molar-refractivity contribution in [2.24, 2.45) is 5.73 Å². The molecule has 1 aliphatic carbocycles. The fourth-order valence-corrected chi connectivity index (χ4v) is 0.921. The maximum absolute atomic E-state index is 10.4. The van der Waals surface area contributed by atoms with Gasteiger partial charge >= 0.3 is 5.97 Å². The largest absolute Gasteiger partial charge is 0.478 e. The maximum Gasteiger partial charge on any atom is 0.333 e. The molecule has 0 saturated heterocycles. The molecule has 1 atom stereocenters. The van der Waals surface area contributed by atoms with Crippen LogP contribution in [0.15, 0.2) is 23.4 Å². The lowest BCUT2D eigenvalue weighted by atomic mass is 10.0. The van der Waals surface area contributed by atoms with Gasteiger partial charge in [-0.15, -0.1) is 0 Å². The van der Waals surface area contributed by atoms with Gasteiger partial charge in [-0.05, 0) is 6.08 Å². The summed E-state index contributed by atoms with van der Waals surface area (Å²) >= 11 is 0. The quantitative estimate of drug-likeness (QED) is 0.481. The average Bonchev–Trinajstić information content (AvgIpc) is 1.94. The van der Waals surface area contributed by atoms with Crippen LogP contribution in [-0.2, 0) is 4.79 Å². The predicted molar refractivity (Wildman–Crippen MR) is 38.6 cm³/mol. The standard InChI is InChI=1S/C7H9NO3/c8-6-2-1-4(9)3-5(6)7(10)11/h1-2,4,9H,3,8H2,(H,10,11). The summed E-state index contributed by atoms with van der Waals surface area (Å²) in [5.74, 6) is -1.06. The molecule has 11 heavy (non-hydrogen) atoms. The van der Waals surface area contributed by atoms with Gasteiger partial charge < -0.3 is 15.9 Å². The number of aliphatic hydroxyl groups excluding tert-OH is 1. The van der Waals surface area contributed by atoms with Gasteiger partial charge in [0.15, 0.2) is 0 Å². The Hall–Kier alpha value is -1.29. The van der Waals surface area contributed by atoms with Crippen LogP contribution in [0.5, 0.6) is 0 Å². The molecule has 4 heteroatoms. The molecule has 0 aromatic heterocycles. The number of carboxylic acid groups (broad SMARTS) is 1. The van der Waals surface area contributed by atoms with Gasteiger partial charge in [0.2, 0.25) is 0 Å². The number of nitrogens with two attached hydrogens (primary N) is 1. The summed E-state index contributed by atoms with van der Waals surface area (Å²) in [4.78, 5) is 10.4. The van der Waals surface area contributed by atoms with Gasteiger partial charge in [-0.3, -0.25) is 0 Å². The second kappa shape index (κ2) is 2.75. The van der Waals surface area contributed by atoms with Crippen molar-refractivity contribution >= 4 is 5.97 Å². The number of allylic oxidation sites excluding steroid dienone is 1. The Morgan fingerprint density at radius 3 is 2.82 bits per heavy atom. The van der Waals surface area contributed by atoms with Gasteiger partial charge in [0, 0.05) is 12.1 Å². The van der Waals surface area contributed by atoms with Gasteiger partial charge in [0.25, 0.3) is 0 Å². The molecule has 0 radical (unpaired) electrons. The molecular formula is C7H9NO3. The van der Waals surface area contributed by atoms with Gasteiger partial charge in [-0.1, -0.05) is 6.08 Å². The van der Waals surface area contributed by atoms with Crippen LogP contribution in [0, 0.1) is 0 Å². The zero-order valence-corrected chi connectivity index (χ0v) is 5.82. The summed E-state index contributed by atoms with van der Waals surface area (Å²) in [7, 11) is 0. The van der Waals surface area contributed by atoms with E-state index in [-0.39, 0.29) is 17.7 Å². The molecule has 0 bridgehead atoms. The minimum absolute atomic E-state index is 0.0833. The zero-order valence-electron chi connectivity index (χ0n) is 5.82. The molecular weight excluding hydrogens is 146 g/mol. The molecule has 1 rings (SSSR count). The van der Waals surface area contributed by atoms with Crippen molar-refractivity contribution in [1.82, 2.24) is 0 Å². The minimum Gasteiger partial charge on any atom is -0.478 e. The smallest absolute Gasteiger partial charge is 0.333 e. The van der Waals surface area contributed by atoms with Gasteiger partial charge in [-0.2, -0.15) is 0 Å². The minimum atomic E-state index is -1.06. The summed E-state index contributed by atoms with van der Waals surface area (Å²) in [5.41, 5.74) is 5.65. The third kappa shape index (κ3) is 1.59. The lowest BCUT2D eigenvalue weighted by Crippen LogP contribution is -2.18. The second-order valence-corrected chi connectivity index (χ2v) is 2.37. The highest BCUT2D eigenvalue weighted by molar-refractivity contribution is 5.88. The van der Waals surface area contributed by atoms with E-state index < -0.39 is 12.1 Å². The molecule has 0 fully saturated rings. The molecule has 0 aromatic rings. The van der Waals surface area contributed by atoms with E-state index in [1.165, 1.54) is 12.2 Å². The SMILES string of the molecule is NC1=C(C(=O)O)CC(O)C=C1. The molecule has 60 valence electrons. The fourth-order valence-electron chi connectivity index (χ4n) is 0.921. The Bertz CT molecular complexity index is 242. The van der Waals surface area contributed by atoms with E-state index in [0.29, 0.717) is 0 Å². The third-order valence-corrected chi connectivity index (χ3v) is 1.52. The number of carboxylic acids is 1. The molecule has 0 saturated carbocycles. The van der Waals surface area contributed by atoms with E-state index in [2.05, 4.69) is 0 Å². The zero-order chi connectivity index (χ0) is 8.43. The highest BCUT2D eigenvalue weighted by Gasteiger charge is 2.17. The number of rotatable bonds is 1. The van der Waals surface area contributed by atoms with E-state index in [1.807, 2.05) is 0 Å². The first-order chi connectivity index (χ1) is 5.11. The monoisotopic (exact) mass is 155 g/mol. The Morgan fingerprint density at radius 2 is 2.36 bits per heavy atom. The van der Waals surface area contributed by atoms with Crippen LogP contribution in [-0.4, -0.2) is 22.3 Å². The van der Waals surface area contributed by atoms with E-state index in [9.17, 15) is 4.79 Å². The Labute approximate surface area is 63.6 Å². The summed E-state index contributed by atoms with van der Waals surface area (Å²) in [6.45, 7) is 0. The first-order valence-electron chi connectivity index (χ1n) is 3.19. The Balaban J connectivity index is 2.90. The van der Waals surface area contributed by atoms with Gasteiger partial charge in [0.05, 0.1) is 11.7 Å². The summed E-state index contributed by atoms with van der Waals surface area (Å²) in [6.07, 6.45) is 2.27. The highest BCUT2D eigenvalue weighted by atomic mass is 16.4. The van der Waals surface area contributed by atoms with Crippen molar-refractivity contribution in [3.8, 4) is 0 Å². The van der Waals surface area contributed by atoms with E-state index in [1.54, 1.807) is 0 Å². The van der Waals surface area contributed by atoms with Crippen LogP contribution in [0.25, 0.3) is 0 Å². The van der Waals surface area contributed by atoms with Crippen LogP contribution in [0.1, 0.15) is 6.42 Å². The predicted octanol–water partition coefficient (Wildman–Crippen LogP) is -0.395. The summed E-state index contributed by atoms with van der Waals surface area (Å²) in [6, 6.07) is 0. The molecule has 0 amide bonds. The molecule has 1 aliphatic rings. The van der Waals surface area contributed by atoms with Crippen LogP contribution in [0.4, 0.5) is 0 Å². The van der Waals surface area contributed by atoms with E-state index >= 15 is 0 Å². The van der Waals surface area contributed by atoms with Crippen LogP contribution in [0.3, 0.4) is 0 Å². The van der Waals surface area contributed by atoms with Crippen LogP contribution < -0.4 is 5.73 Å². The van der Waals surface area contributed by atoms with Crippen molar-refractivity contribution in [2.45, 2.75) is 12.5 Å². The van der Waals surface area contributed by atoms with Crippen LogP contribution >= 0.6 is 0 Å². The number of hydrogen-bond donors (Lipinski definition) is 3. The molecule has 0 aliphatic heterocycles. The van der Waals surface area contributed by atoms with E-state index in [0.717, 1.165) is 0 Å². The van der Waals surface area contributed by atoms with Gasteiger partial charge in [-0.25, -0.2) is 4.79 Å². The van der Waals surface area contributed by atoms with Crippen molar-refractivity contribution < 1.29 is 15.0 Å². The third-order valence-electron chi connectivity index (χ3n) is 1.52. The molecule has 1 unspecified atom stereocenters. The first-order valence-corrected chi connectivity index (χ1v) is 3.19. The molecule has 0 heterocycles. The normalized spacial score (nSPS) is 23.9. The molecule has 0 aromatic carbocycles. The second-order valence-electron chi connectivity index (χ2n) is 2.37. The average molecular weight is 155 g/mol. The molecule has 0 spiro atoms. The van der Waals surface area contributed by atoms with Crippen LogP contribution in [0.2, 0.25) is 0 Å². The Morgan fingerprint density at radius 1 is 1.73 bits per heavy atom. The topological polar surface area (TPSA) is 83.6 Å². The van der Waals surface area contributed by atoms with Crippen molar-refractivity contribution in [3.05, 3.63) is 23.4 Å². The number of carbonyl (C=O) groups is 1. The van der Waals surface area contributed by atoms with Crippen molar-refractivity contribution in [3.63, 3.8) is 0 Å². The highest BCUT2D eigenvalue weighted by Crippen LogP contribution is 2.15. The summed E-state index contributed by atoms with van der Waals surface area (Å²) in [5, 5.41) is 17.5. The summed E-state index contributed by atoms with van der Waals surface area (Å²) < 4.78 is 0. The first kappa shape index (κ1) is 7.81. The maximum atomic E-state index is 10.4. The van der Waals surface area contributed by atoms with Crippen molar-refractivity contribution in [2.75, 3.05) is 0 Å². The molecule has 4 nitrogen and oxygen atoms in total. The van der Waals surface area contributed by atoms with E-state index in [4.69, 9.17) is 15.9 Å². The molecule has 4 N–H and O–H groups in total. The fraction of sp³-hybridized carbons (Fsp3) is 0.286. The lowest BCUT2D eigenvalue weighted by molar-refractivity contribution is -0.133. The number of aliphatic hydroxyl groups is 1. The van der Waals surface area contributed by atoms with Crippen molar-refractivity contribution in [1.29, 1.82) is 0 Å². The lowest BCUT2D eigenvalue weighted by Gasteiger charge is -2.12. The Kier molecular flexibility index (Phi) is 1.96. The number of aliphatic carboxylic acids is 1.